The summed E-state index contributed by atoms with van der Waals surface area (Å²) in [6.45, 7) is 0. The van der Waals surface area contributed by atoms with E-state index in [1.807, 2.05) is 6.20 Å². The minimum atomic E-state index is 0.599. The lowest BCUT2D eigenvalue weighted by molar-refractivity contribution is 0.532. The highest BCUT2D eigenvalue weighted by atomic mass is 14.7. The Morgan fingerprint density at radius 1 is 1.25 bits per heavy atom. The molecule has 1 nitrogen and oxygen atoms in total. The van der Waals surface area contributed by atoms with Crippen molar-refractivity contribution in [2.24, 2.45) is 0 Å². The summed E-state index contributed by atoms with van der Waals surface area (Å²) in [4.78, 5) is 4.45. The molecule has 3 rings (SSSR count). The molecule has 0 bridgehead atoms. The molecule has 1 heterocycles. The molecule has 0 saturated heterocycles. The van der Waals surface area contributed by atoms with Crippen LogP contribution < -0.4 is 0 Å². The highest BCUT2D eigenvalue weighted by Crippen LogP contribution is 2.54. The first-order valence-electron chi connectivity index (χ1n) is 4.85. The van der Waals surface area contributed by atoms with Crippen molar-refractivity contribution in [1.29, 1.82) is 0 Å². The number of aromatic nitrogens is 1. The minimum Gasteiger partial charge on any atom is -0.261 e. The van der Waals surface area contributed by atoms with Gasteiger partial charge in [-0.3, -0.25) is 4.98 Å². The van der Waals surface area contributed by atoms with E-state index in [0.29, 0.717) is 5.41 Å². The number of rotatable bonds is 0. The van der Waals surface area contributed by atoms with E-state index >= 15 is 0 Å². The van der Waals surface area contributed by atoms with Crippen LogP contribution in [-0.4, -0.2) is 4.98 Å². The Morgan fingerprint density at radius 3 is 3.00 bits per heavy atom. The standard InChI is InChI=1S/C11H13N/c1-4-10-9(3-2-8-12-10)11(5-1)6-7-11/h2-3,8H,1,4-7H2. The van der Waals surface area contributed by atoms with Crippen molar-refractivity contribution in [3.63, 3.8) is 0 Å². The lowest BCUT2D eigenvalue weighted by atomic mass is 9.83. The third kappa shape index (κ3) is 0.767. The Morgan fingerprint density at radius 2 is 2.17 bits per heavy atom. The van der Waals surface area contributed by atoms with E-state index in [-0.39, 0.29) is 0 Å². The zero-order valence-electron chi connectivity index (χ0n) is 7.21. The van der Waals surface area contributed by atoms with Crippen LogP contribution in [0.5, 0.6) is 0 Å². The van der Waals surface area contributed by atoms with E-state index in [2.05, 4.69) is 17.1 Å². The molecule has 0 aromatic carbocycles. The van der Waals surface area contributed by atoms with E-state index < -0.39 is 0 Å². The summed E-state index contributed by atoms with van der Waals surface area (Å²) in [5.74, 6) is 0. The Hall–Kier alpha value is -0.850. The third-order valence-corrected chi connectivity index (χ3v) is 3.38. The molecule has 0 N–H and O–H groups in total. The summed E-state index contributed by atoms with van der Waals surface area (Å²) in [6.07, 6.45) is 8.71. The largest absolute Gasteiger partial charge is 0.261 e. The van der Waals surface area contributed by atoms with Gasteiger partial charge in [-0.25, -0.2) is 0 Å². The average molecular weight is 159 g/mol. The van der Waals surface area contributed by atoms with Crippen molar-refractivity contribution >= 4 is 0 Å². The van der Waals surface area contributed by atoms with Crippen molar-refractivity contribution in [2.75, 3.05) is 0 Å². The Bertz CT molecular complexity index is 313. The van der Waals surface area contributed by atoms with E-state index in [9.17, 15) is 0 Å². The van der Waals surface area contributed by atoms with Gasteiger partial charge >= 0.3 is 0 Å². The zero-order chi connectivity index (χ0) is 8.02. The lowest BCUT2D eigenvalue weighted by Gasteiger charge is -2.23. The molecule has 12 heavy (non-hydrogen) atoms. The predicted molar refractivity (Wildman–Crippen MR) is 48.1 cm³/mol. The summed E-state index contributed by atoms with van der Waals surface area (Å²) < 4.78 is 0. The first-order valence-corrected chi connectivity index (χ1v) is 4.85. The monoisotopic (exact) mass is 159 g/mol. The second-order valence-corrected chi connectivity index (χ2v) is 4.13. The first kappa shape index (κ1) is 6.64. The normalized spacial score (nSPS) is 23.7. The van der Waals surface area contributed by atoms with E-state index in [1.54, 1.807) is 5.56 Å². The molecule has 0 radical (unpaired) electrons. The third-order valence-electron chi connectivity index (χ3n) is 3.38. The van der Waals surface area contributed by atoms with Crippen LogP contribution in [0.4, 0.5) is 0 Å². The molecule has 0 unspecified atom stereocenters. The highest BCUT2D eigenvalue weighted by molar-refractivity contribution is 5.36. The Labute approximate surface area is 72.8 Å². The van der Waals surface area contributed by atoms with Crippen LogP contribution in [0.1, 0.15) is 36.9 Å². The molecule has 0 amide bonds. The van der Waals surface area contributed by atoms with Gasteiger partial charge in [0, 0.05) is 11.9 Å². The molecule has 0 atom stereocenters. The number of fused-ring (bicyclic) bond motifs is 2. The van der Waals surface area contributed by atoms with Crippen LogP contribution >= 0.6 is 0 Å². The second-order valence-electron chi connectivity index (χ2n) is 4.13. The number of hydrogen-bond donors (Lipinski definition) is 0. The number of nitrogens with zero attached hydrogens (tertiary/aromatic N) is 1. The van der Waals surface area contributed by atoms with Crippen LogP contribution in [-0.2, 0) is 11.8 Å². The van der Waals surface area contributed by atoms with Gasteiger partial charge in [-0.1, -0.05) is 6.07 Å². The van der Waals surface area contributed by atoms with Gasteiger partial charge < -0.3 is 0 Å². The van der Waals surface area contributed by atoms with Crippen molar-refractivity contribution < 1.29 is 0 Å². The number of hydrogen-bond acceptors (Lipinski definition) is 1. The van der Waals surface area contributed by atoms with Gasteiger partial charge in [0.25, 0.3) is 0 Å². The fraction of sp³-hybridized carbons (Fsp3) is 0.545. The fourth-order valence-corrected chi connectivity index (χ4v) is 2.52. The molecule has 1 heteroatoms. The molecule has 0 aliphatic heterocycles. The van der Waals surface area contributed by atoms with Gasteiger partial charge in [0.15, 0.2) is 0 Å². The van der Waals surface area contributed by atoms with E-state index in [4.69, 9.17) is 0 Å². The van der Waals surface area contributed by atoms with Crippen molar-refractivity contribution in [3.8, 4) is 0 Å². The summed E-state index contributed by atoms with van der Waals surface area (Å²) in [5, 5.41) is 0. The Balaban J connectivity index is 2.16. The maximum absolute atomic E-state index is 4.45. The second kappa shape index (κ2) is 2.09. The van der Waals surface area contributed by atoms with Gasteiger partial charge in [0.1, 0.15) is 0 Å². The van der Waals surface area contributed by atoms with Gasteiger partial charge in [-0.15, -0.1) is 0 Å². The number of aryl methyl sites for hydroxylation is 1. The molecule has 1 fully saturated rings. The van der Waals surface area contributed by atoms with Gasteiger partial charge in [-0.05, 0) is 49.1 Å². The summed E-state index contributed by atoms with van der Waals surface area (Å²) >= 11 is 0. The first-order chi connectivity index (χ1) is 5.91. The van der Waals surface area contributed by atoms with Crippen LogP contribution in [0.25, 0.3) is 0 Å². The van der Waals surface area contributed by atoms with Crippen LogP contribution in [0.15, 0.2) is 18.3 Å². The SMILES string of the molecule is c1cnc2c(c1)C1(CCC2)CC1. The van der Waals surface area contributed by atoms with Crippen molar-refractivity contribution in [3.05, 3.63) is 29.6 Å². The average Bonchev–Trinajstić information content (AvgIpc) is 2.87. The highest BCUT2D eigenvalue weighted by Gasteiger charge is 2.46. The van der Waals surface area contributed by atoms with Gasteiger partial charge in [0.2, 0.25) is 0 Å². The fourth-order valence-electron chi connectivity index (χ4n) is 2.52. The summed E-state index contributed by atoms with van der Waals surface area (Å²) in [5.41, 5.74) is 3.54. The molecule has 2 aliphatic carbocycles. The molecule has 1 saturated carbocycles. The summed E-state index contributed by atoms with van der Waals surface area (Å²) in [7, 11) is 0. The lowest BCUT2D eigenvalue weighted by Crippen LogP contribution is -2.16. The molecule has 1 aromatic heterocycles. The van der Waals surface area contributed by atoms with Crippen molar-refractivity contribution in [1.82, 2.24) is 4.98 Å². The summed E-state index contributed by atoms with van der Waals surface area (Å²) in [6, 6.07) is 4.37. The van der Waals surface area contributed by atoms with E-state index in [1.165, 1.54) is 37.8 Å². The smallest absolute Gasteiger partial charge is 0.0441 e. The van der Waals surface area contributed by atoms with Crippen molar-refractivity contribution in [2.45, 2.75) is 37.5 Å². The van der Waals surface area contributed by atoms with E-state index in [0.717, 1.165) is 0 Å². The molecule has 2 aliphatic rings. The zero-order valence-corrected chi connectivity index (χ0v) is 7.21. The quantitative estimate of drug-likeness (QED) is 0.566. The van der Waals surface area contributed by atoms with Crippen LogP contribution in [0, 0.1) is 0 Å². The molecule has 1 aromatic rings. The molecular weight excluding hydrogens is 146 g/mol. The minimum absolute atomic E-state index is 0.599. The van der Waals surface area contributed by atoms with Crippen LogP contribution in [0.2, 0.25) is 0 Å². The molecular formula is C11H13N. The maximum atomic E-state index is 4.45. The van der Waals surface area contributed by atoms with Gasteiger partial charge in [-0.2, -0.15) is 0 Å². The Kier molecular flexibility index (Phi) is 1.16. The predicted octanol–water partition coefficient (Wildman–Crippen LogP) is 2.45. The number of pyridine rings is 1. The topological polar surface area (TPSA) is 12.9 Å². The molecule has 62 valence electrons. The molecule has 1 spiro atoms. The van der Waals surface area contributed by atoms with Gasteiger partial charge in [0.05, 0.1) is 0 Å². The van der Waals surface area contributed by atoms with Crippen LogP contribution in [0.3, 0.4) is 0 Å². The maximum Gasteiger partial charge on any atom is 0.0441 e.